The Hall–Kier alpha value is -1.35. The summed E-state index contributed by atoms with van der Waals surface area (Å²) >= 11 is 2.24. The monoisotopic (exact) mass is 417 g/mol. The van der Waals surface area contributed by atoms with Crippen LogP contribution in [0.2, 0.25) is 0 Å². The van der Waals surface area contributed by atoms with Gasteiger partial charge in [0, 0.05) is 11.6 Å². The van der Waals surface area contributed by atoms with E-state index in [0.717, 1.165) is 34.3 Å². The van der Waals surface area contributed by atoms with E-state index in [2.05, 4.69) is 39.8 Å². The second-order valence-electron chi connectivity index (χ2n) is 4.84. The summed E-state index contributed by atoms with van der Waals surface area (Å²) < 4.78 is 13.3. The fourth-order valence-corrected chi connectivity index (χ4v) is 2.92. The van der Waals surface area contributed by atoms with E-state index in [1.54, 1.807) is 25.0 Å². The average Bonchev–Trinajstić information content (AvgIpc) is 2.92. The van der Waals surface area contributed by atoms with E-state index in [1.807, 2.05) is 6.07 Å². The van der Waals surface area contributed by atoms with Gasteiger partial charge in [-0.25, -0.2) is 4.68 Å². The fraction of sp³-hybridized carbons (Fsp3) is 0.467. The van der Waals surface area contributed by atoms with Gasteiger partial charge < -0.3 is 14.6 Å². The number of methoxy groups -OCH3 is 2. The van der Waals surface area contributed by atoms with Crippen molar-refractivity contribution in [2.75, 3.05) is 14.2 Å². The number of aromatic nitrogens is 3. The van der Waals surface area contributed by atoms with E-state index in [0.29, 0.717) is 17.1 Å². The van der Waals surface area contributed by atoms with Gasteiger partial charge in [-0.2, -0.15) is 0 Å². The van der Waals surface area contributed by atoms with Crippen LogP contribution in [0, 0.1) is 3.70 Å². The SMILES string of the molecule is CCCCc1nnn(-c2cc(OC)c(OC)cc2CO)c1I. The Bertz CT molecular complexity index is 643. The van der Waals surface area contributed by atoms with Crippen molar-refractivity contribution in [3.8, 4) is 17.2 Å². The molecule has 6 nitrogen and oxygen atoms in total. The second kappa shape index (κ2) is 7.77. The molecule has 7 heteroatoms. The molecule has 0 saturated heterocycles. The van der Waals surface area contributed by atoms with E-state index in [-0.39, 0.29) is 6.61 Å². The Morgan fingerprint density at radius 3 is 2.50 bits per heavy atom. The lowest BCUT2D eigenvalue weighted by Gasteiger charge is -2.14. The van der Waals surface area contributed by atoms with Crippen LogP contribution < -0.4 is 9.47 Å². The van der Waals surface area contributed by atoms with Crippen molar-refractivity contribution in [3.63, 3.8) is 0 Å². The molecule has 0 aliphatic carbocycles. The summed E-state index contributed by atoms with van der Waals surface area (Å²) in [6.45, 7) is 2.03. The summed E-state index contributed by atoms with van der Waals surface area (Å²) in [6.07, 6.45) is 3.09. The molecule has 0 spiro atoms. The van der Waals surface area contributed by atoms with E-state index in [4.69, 9.17) is 9.47 Å². The van der Waals surface area contributed by atoms with Crippen molar-refractivity contribution in [3.05, 3.63) is 27.1 Å². The van der Waals surface area contributed by atoms with Crippen molar-refractivity contribution >= 4 is 22.6 Å². The minimum Gasteiger partial charge on any atom is -0.493 e. The first-order chi connectivity index (χ1) is 10.7. The zero-order valence-electron chi connectivity index (χ0n) is 13.0. The lowest BCUT2D eigenvalue weighted by molar-refractivity contribution is 0.279. The Kier molecular flexibility index (Phi) is 6.01. The van der Waals surface area contributed by atoms with Gasteiger partial charge in [0.25, 0.3) is 0 Å². The minimum absolute atomic E-state index is 0.115. The number of hydrogen-bond acceptors (Lipinski definition) is 5. The van der Waals surface area contributed by atoms with Crippen LogP contribution in [0.4, 0.5) is 0 Å². The maximum Gasteiger partial charge on any atom is 0.162 e. The zero-order valence-corrected chi connectivity index (χ0v) is 15.1. The summed E-state index contributed by atoms with van der Waals surface area (Å²) in [6, 6.07) is 3.57. The topological polar surface area (TPSA) is 69.4 Å². The Morgan fingerprint density at radius 2 is 1.91 bits per heavy atom. The van der Waals surface area contributed by atoms with Crippen LogP contribution >= 0.6 is 22.6 Å². The molecule has 1 N–H and O–H groups in total. The number of unbranched alkanes of at least 4 members (excludes halogenated alkanes) is 1. The molecule has 0 saturated carbocycles. The number of aliphatic hydroxyl groups is 1. The molecule has 0 unspecified atom stereocenters. The molecule has 1 aromatic carbocycles. The molecule has 120 valence electrons. The maximum absolute atomic E-state index is 9.64. The fourth-order valence-electron chi connectivity index (χ4n) is 2.19. The number of ether oxygens (including phenoxy) is 2. The van der Waals surface area contributed by atoms with Crippen LogP contribution in [0.25, 0.3) is 5.69 Å². The number of rotatable bonds is 7. The molecule has 0 aliphatic rings. The summed E-state index contributed by atoms with van der Waals surface area (Å²) in [5.74, 6) is 1.17. The lowest BCUT2D eigenvalue weighted by atomic mass is 10.1. The summed E-state index contributed by atoms with van der Waals surface area (Å²) in [5.41, 5.74) is 2.43. The highest BCUT2D eigenvalue weighted by Crippen LogP contribution is 2.33. The molecule has 0 radical (unpaired) electrons. The molecule has 0 fully saturated rings. The molecule has 0 bridgehead atoms. The van der Waals surface area contributed by atoms with E-state index < -0.39 is 0 Å². The highest BCUT2D eigenvalue weighted by molar-refractivity contribution is 14.1. The molecule has 0 amide bonds. The third kappa shape index (κ3) is 3.35. The third-order valence-corrected chi connectivity index (χ3v) is 4.51. The van der Waals surface area contributed by atoms with E-state index >= 15 is 0 Å². The number of halogens is 1. The standard InChI is InChI=1S/C15H20IN3O3/c1-4-5-6-11-15(16)19(18-17-11)12-8-14(22-3)13(21-2)7-10(12)9-20/h7-8,20H,4-6,9H2,1-3H3. The summed E-state index contributed by atoms with van der Waals surface area (Å²) in [5, 5.41) is 18.1. The maximum atomic E-state index is 9.64. The highest BCUT2D eigenvalue weighted by atomic mass is 127. The minimum atomic E-state index is -0.115. The predicted molar refractivity (Wildman–Crippen MR) is 91.7 cm³/mol. The largest absolute Gasteiger partial charge is 0.493 e. The van der Waals surface area contributed by atoms with Crippen molar-refractivity contribution in [2.45, 2.75) is 32.8 Å². The van der Waals surface area contributed by atoms with Crippen LogP contribution in [-0.4, -0.2) is 34.3 Å². The van der Waals surface area contributed by atoms with Crippen LogP contribution in [-0.2, 0) is 13.0 Å². The summed E-state index contributed by atoms with van der Waals surface area (Å²) in [7, 11) is 3.15. The first-order valence-electron chi connectivity index (χ1n) is 7.12. The van der Waals surface area contributed by atoms with Crippen molar-refractivity contribution < 1.29 is 14.6 Å². The first kappa shape index (κ1) is 17.0. The normalized spacial score (nSPS) is 10.8. The quantitative estimate of drug-likeness (QED) is 0.702. The van der Waals surface area contributed by atoms with Gasteiger partial charge in [0.05, 0.1) is 32.2 Å². The Morgan fingerprint density at radius 1 is 1.23 bits per heavy atom. The van der Waals surface area contributed by atoms with Gasteiger partial charge in [0.2, 0.25) is 0 Å². The molecule has 1 heterocycles. The zero-order chi connectivity index (χ0) is 16.1. The summed E-state index contributed by atoms with van der Waals surface area (Å²) in [4.78, 5) is 0. The van der Waals surface area contributed by atoms with Crippen molar-refractivity contribution in [1.82, 2.24) is 15.0 Å². The van der Waals surface area contributed by atoms with Crippen LogP contribution in [0.15, 0.2) is 12.1 Å². The number of hydrogen-bond donors (Lipinski definition) is 1. The first-order valence-corrected chi connectivity index (χ1v) is 8.20. The van der Waals surface area contributed by atoms with Gasteiger partial charge >= 0.3 is 0 Å². The number of aliphatic hydroxyl groups excluding tert-OH is 1. The van der Waals surface area contributed by atoms with Gasteiger partial charge in [-0.05, 0) is 41.5 Å². The molecular weight excluding hydrogens is 397 g/mol. The van der Waals surface area contributed by atoms with Crippen LogP contribution in [0.5, 0.6) is 11.5 Å². The van der Waals surface area contributed by atoms with Gasteiger partial charge in [-0.3, -0.25) is 0 Å². The third-order valence-electron chi connectivity index (χ3n) is 3.43. The molecule has 0 atom stereocenters. The second-order valence-corrected chi connectivity index (χ2v) is 5.86. The lowest BCUT2D eigenvalue weighted by Crippen LogP contribution is -2.06. The number of benzene rings is 1. The van der Waals surface area contributed by atoms with Gasteiger partial charge in [0.15, 0.2) is 11.5 Å². The molecule has 2 rings (SSSR count). The van der Waals surface area contributed by atoms with Gasteiger partial charge in [-0.1, -0.05) is 18.6 Å². The molecule has 22 heavy (non-hydrogen) atoms. The van der Waals surface area contributed by atoms with E-state index in [9.17, 15) is 5.11 Å². The molecule has 1 aromatic heterocycles. The predicted octanol–water partition coefficient (Wildman–Crippen LogP) is 2.72. The molecular formula is C15H20IN3O3. The van der Waals surface area contributed by atoms with Crippen LogP contribution in [0.3, 0.4) is 0 Å². The average molecular weight is 417 g/mol. The van der Waals surface area contributed by atoms with Crippen molar-refractivity contribution in [2.24, 2.45) is 0 Å². The Labute approximate surface area is 143 Å². The molecule has 2 aromatic rings. The van der Waals surface area contributed by atoms with Gasteiger partial charge in [0.1, 0.15) is 3.70 Å². The van der Waals surface area contributed by atoms with Gasteiger partial charge in [-0.15, -0.1) is 5.10 Å². The number of aryl methyl sites for hydroxylation is 1. The highest BCUT2D eigenvalue weighted by Gasteiger charge is 2.17. The number of nitrogens with zero attached hydrogens (tertiary/aromatic N) is 3. The molecule has 0 aliphatic heterocycles. The van der Waals surface area contributed by atoms with Crippen molar-refractivity contribution in [1.29, 1.82) is 0 Å². The van der Waals surface area contributed by atoms with Crippen LogP contribution in [0.1, 0.15) is 31.0 Å². The van der Waals surface area contributed by atoms with E-state index in [1.165, 1.54) is 0 Å². The Balaban J connectivity index is 2.49. The smallest absolute Gasteiger partial charge is 0.162 e.